The highest BCUT2D eigenvalue weighted by atomic mass is 19.1. The Morgan fingerprint density at radius 2 is 1.88 bits per heavy atom. The Morgan fingerprint density at radius 3 is 2.59 bits per heavy atom. The predicted octanol–water partition coefficient (Wildman–Crippen LogP) is 1.89. The summed E-state index contributed by atoms with van der Waals surface area (Å²) in [4.78, 5) is 38.1. The summed E-state index contributed by atoms with van der Waals surface area (Å²) < 4.78 is 14.8. The molecule has 2 aromatic heterocycles. The summed E-state index contributed by atoms with van der Waals surface area (Å²) in [7, 11) is 0. The van der Waals surface area contributed by atoms with Gasteiger partial charge in [0.25, 0.3) is 5.78 Å². The summed E-state index contributed by atoms with van der Waals surface area (Å²) in [5, 5.41) is 9.81. The summed E-state index contributed by atoms with van der Waals surface area (Å²) >= 11 is 0. The van der Waals surface area contributed by atoms with Gasteiger partial charge in [-0.15, -0.1) is 0 Å². The lowest BCUT2D eigenvalue weighted by Crippen LogP contribution is -2.56. The number of hydrogen-bond acceptors (Lipinski definition) is 6. The fraction of sp³-hybridized carbons (Fsp3) is 0.435. The van der Waals surface area contributed by atoms with Gasteiger partial charge in [0.15, 0.2) is 0 Å². The monoisotopic (exact) mass is 468 g/mol. The molecular weight excluding hydrogens is 439 g/mol. The van der Waals surface area contributed by atoms with E-state index >= 15 is 0 Å². The summed E-state index contributed by atoms with van der Waals surface area (Å²) in [5.41, 5.74) is 1.63. The van der Waals surface area contributed by atoms with E-state index in [0.29, 0.717) is 38.4 Å². The molecule has 0 spiro atoms. The third-order valence-corrected chi connectivity index (χ3v) is 5.82. The lowest BCUT2D eigenvalue weighted by molar-refractivity contribution is -0.133. The maximum Gasteiger partial charge on any atom is 0.315 e. The van der Waals surface area contributed by atoms with E-state index in [1.54, 1.807) is 21.5 Å². The largest absolute Gasteiger partial charge is 0.353 e. The third kappa shape index (κ3) is 5.41. The fourth-order valence-corrected chi connectivity index (χ4v) is 4.05. The van der Waals surface area contributed by atoms with E-state index in [4.69, 9.17) is 0 Å². The first kappa shape index (κ1) is 23.4. The van der Waals surface area contributed by atoms with Gasteiger partial charge in [-0.05, 0) is 31.0 Å². The number of rotatable bonds is 7. The summed E-state index contributed by atoms with van der Waals surface area (Å²) in [6.45, 7) is 6.50. The molecule has 3 aromatic rings. The van der Waals surface area contributed by atoms with E-state index < -0.39 is 12.1 Å². The smallest absolute Gasteiger partial charge is 0.315 e. The molecule has 0 bridgehead atoms. The van der Waals surface area contributed by atoms with Crippen LogP contribution in [0.15, 0.2) is 36.7 Å². The molecule has 0 saturated carbocycles. The quantitative estimate of drug-likeness (QED) is 0.548. The molecule has 3 heterocycles. The van der Waals surface area contributed by atoms with E-state index in [-0.39, 0.29) is 18.3 Å². The number of nitrogens with zero attached hydrogens (tertiary/aromatic N) is 6. The van der Waals surface area contributed by atoms with E-state index in [9.17, 15) is 14.0 Å². The number of amides is 3. The Morgan fingerprint density at radius 1 is 1.15 bits per heavy atom. The van der Waals surface area contributed by atoms with Crippen LogP contribution in [0.2, 0.25) is 0 Å². The van der Waals surface area contributed by atoms with E-state index in [2.05, 4.69) is 30.6 Å². The molecule has 1 saturated heterocycles. The number of urea groups is 1. The van der Waals surface area contributed by atoms with Crippen molar-refractivity contribution in [3.63, 3.8) is 0 Å². The van der Waals surface area contributed by atoms with Gasteiger partial charge in [0.05, 0.1) is 0 Å². The Kier molecular flexibility index (Phi) is 7.19. The van der Waals surface area contributed by atoms with E-state index in [1.165, 1.54) is 18.5 Å². The zero-order valence-electron chi connectivity index (χ0n) is 19.4. The minimum atomic E-state index is -0.602. The molecule has 2 N–H and O–H groups in total. The van der Waals surface area contributed by atoms with Crippen LogP contribution in [0.5, 0.6) is 0 Å². The standard InChI is InChI=1S/C23H29FN8O2/c1-3-4-19(29-23(34)25-14-17-5-7-18(24)8-6-17)21(33)31-11-9-30(10-12-31)20-13-16(2)28-22-26-15-27-32(20)22/h5-8,13,15,19H,3-4,9-12,14H2,1-2H3,(H2,25,29,34). The minimum absolute atomic E-state index is 0.0877. The molecule has 1 aliphatic rings. The number of aromatic nitrogens is 4. The molecule has 1 aliphatic heterocycles. The van der Waals surface area contributed by atoms with Gasteiger partial charge in [-0.2, -0.15) is 14.6 Å². The van der Waals surface area contributed by atoms with Crippen LogP contribution in [0, 0.1) is 12.7 Å². The molecule has 10 nitrogen and oxygen atoms in total. The number of nitrogens with one attached hydrogen (secondary N) is 2. The van der Waals surface area contributed by atoms with Crippen molar-refractivity contribution in [1.29, 1.82) is 0 Å². The van der Waals surface area contributed by atoms with Crippen molar-refractivity contribution in [3.8, 4) is 0 Å². The summed E-state index contributed by atoms with van der Waals surface area (Å²) in [6.07, 6.45) is 2.79. The first-order valence-corrected chi connectivity index (χ1v) is 11.4. The predicted molar refractivity (Wildman–Crippen MR) is 125 cm³/mol. The van der Waals surface area contributed by atoms with Gasteiger partial charge in [0.1, 0.15) is 24.0 Å². The average Bonchev–Trinajstić information content (AvgIpc) is 3.31. The highest BCUT2D eigenvalue weighted by molar-refractivity contribution is 5.87. The number of carbonyl (C=O) groups excluding carboxylic acids is 2. The topological polar surface area (TPSA) is 108 Å². The van der Waals surface area contributed by atoms with Crippen molar-refractivity contribution < 1.29 is 14.0 Å². The van der Waals surface area contributed by atoms with Crippen LogP contribution >= 0.6 is 0 Å². The molecule has 180 valence electrons. The van der Waals surface area contributed by atoms with Crippen molar-refractivity contribution in [2.75, 3.05) is 31.1 Å². The van der Waals surface area contributed by atoms with E-state index in [1.807, 2.05) is 19.9 Å². The molecule has 1 aromatic carbocycles. The van der Waals surface area contributed by atoms with Crippen LogP contribution in [-0.2, 0) is 11.3 Å². The van der Waals surface area contributed by atoms with Gasteiger partial charge >= 0.3 is 6.03 Å². The van der Waals surface area contributed by atoms with Crippen LogP contribution in [0.4, 0.5) is 15.0 Å². The second-order valence-corrected chi connectivity index (χ2v) is 8.33. The first-order chi connectivity index (χ1) is 16.4. The second kappa shape index (κ2) is 10.4. The molecule has 1 unspecified atom stereocenters. The Bertz CT molecular complexity index is 1140. The Labute approximate surface area is 197 Å². The van der Waals surface area contributed by atoms with Gasteiger partial charge in [-0.1, -0.05) is 25.5 Å². The summed E-state index contributed by atoms with van der Waals surface area (Å²) in [5.74, 6) is 1.03. The number of anilines is 1. The molecule has 0 aliphatic carbocycles. The molecule has 34 heavy (non-hydrogen) atoms. The number of carbonyl (C=O) groups is 2. The minimum Gasteiger partial charge on any atom is -0.353 e. The van der Waals surface area contributed by atoms with Gasteiger partial charge in [-0.3, -0.25) is 4.79 Å². The van der Waals surface area contributed by atoms with Crippen LogP contribution in [0.1, 0.15) is 31.0 Å². The van der Waals surface area contributed by atoms with Crippen molar-refractivity contribution in [2.24, 2.45) is 0 Å². The van der Waals surface area contributed by atoms with Crippen LogP contribution in [0.25, 0.3) is 5.78 Å². The molecule has 4 rings (SSSR count). The number of piperazine rings is 1. The van der Waals surface area contributed by atoms with Crippen LogP contribution < -0.4 is 15.5 Å². The highest BCUT2D eigenvalue weighted by Crippen LogP contribution is 2.18. The fourth-order valence-electron chi connectivity index (χ4n) is 4.05. The Balaban J connectivity index is 1.33. The van der Waals surface area contributed by atoms with Gasteiger partial charge < -0.3 is 20.4 Å². The number of aryl methyl sites for hydroxylation is 1. The van der Waals surface area contributed by atoms with Crippen molar-refractivity contribution in [1.82, 2.24) is 35.1 Å². The van der Waals surface area contributed by atoms with Gasteiger partial charge in [-0.25, -0.2) is 14.2 Å². The van der Waals surface area contributed by atoms with Crippen LogP contribution in [-0.4, -0.2) is 68.6 Å². The average molecular weight is 469 g/mol. The molecule has 3 amide bonds. The number of fused-ring (bicyclic) bond motifs is 1. The molecule has 1 atom stereocenters. The first-order valence-electron chi connectivity index (χ1n) is 11.4. The maximum atomic E-state index is 13.2. The summed E-state index contributed by atoms with van der Waals surface area (Å²) in [6, 6.07) is 6.86. The van der Waals surface area contributed by atoms with E-state index in [0.717, 1.165) is 23.5 Å². The molecule has 11 heteroatoms. The zero-order valence-corrected chi connectivity index (χ0v) is 19.4. The zero-order chi connectivity index (χ0) is 24.1. The van der Waals surface area contributed by atoms with Crippen molar-refractivity contribution in [3.05, 3.63) is 53.7 Å². The van der Waals surface area contributed by atoms with Crippen molar-refractivity contribution in [2.45, 2.75) is 39.3 Å². The second-order valence-electron chi connectivity index (χ2n) is 8.33. The number of hydrogen-bond donors (Lipinski definition) is 2. The van der Waals surface area contributed by atoms with Crippen LogP contribution in [0.3, 0.4) is 0 Å². The lowest BCUT2D eigenvalue weighted by Gasteiger charge is -2.37. The molecule has 1 fully saturated rings. The number of benzene rings is 1. The lowest BCUT2D eigenvalue weighted by atomic mass is 10.1. The highest BCUT2D eigenvalue weighted by Gasteiger charge is 2.29. The SMILES string of the molecule is CCCC(NC(=O)NCc1ccc(F)cc1)C(=O)N1CCN(c2cc(C)nc3ncnn23)CC1. The van der Waals surface area contributed by atoms with Crippen molar-refractivity contribution >= 4 is 23.5 Å². The van der Waals surface area contributed by atoms with Gasteiger partial charge in [0.2, 0.25) is 5.91 Å². The molecule has 0 radical (unpaired) electrons. The maximum absolute atomic E-state index is 13.2. The van der Waals surface area contributed by atoms with Gasteiger partial charge in [0, 0.05) is 44.5 Å². The molecular formula is C23H29FN8O2. The number of halogens is 1. The third-order valence-electron chi connectivity index (χ3n) is 5.82. The normalized spacial score (nSPS) is 14.8. The Hall–Kier alpha value is -3.76.